The van der Waals surface area contributed by atoms with E-state index in [0.717, 1.165) is 15.6 Å². The smallest absolute Gasteiger partial charge is 0.341 e. The van der Waals surface area contributed by atoms with Crippen LogP contribution in [0, 0.1) is 25.2 Å². The Morgan fingerprint density at radius 3 is 2.58 bits per heavy atom. The molecule has 2 rings (SSSR count). The van der Waals surface area contributed by atoms with Gasteiger partial charge < -0.3 is 14.6 Å². The third kappa shape index (κ3) is 3.43. The fourth-order valence-corrected chi connectivity index (χ4v) is 3.38. The number of amides is 1. The van der Waals surface area contributed by atoms with E-state index in [1.165, 1.54) is 25.5 Å². The van der Waals surface area contributed by atoms with Crippen molar-refractivity contribution in [3.63, 3.8) is 0 Å². The molecule has 0 saturated carbocycles. The molecule has 1 amide bonds. The van der Waals surface area contributed by atoms with E-state index in [0.29, 0.717) is 10.1 Å². The van der Waals surface area contributed by atoms with Crippen LogP contribution in [0.1, 0.15) is 26.4 Å². The van der Waals surface area contributed by atoms with Crippen LogP contribution in [-0.2, 0) is 23.1 Å². The van der Waals surface area contributed by atoms with Gasteiger partial charge in [0.25, 0.3) is 5.56 Å². The Hall–Kier alpha value is -3.19. The highest BCUT2D eigenvalue weighted by Crippen LogP contribution is 2.32. The van der Waals surface area contributed by atoms with Crippen molar-refractivity contribution in [2.75, 3.05) is 12.4 Å². The Morgan fingerprint density at radius 1 is 1.35 bits per heavy atom. The number of nitriles is 1. The number of hydrogen-bond acceptors (Lipinski definition) is 7. The summed E-state index contributed by atoms with van der Waals surface area (Å²) < 4.78 is 6.44. The minimum atomic E-state index is -0.850. The predicted molar refractivity (Wildman–Crippen MR) is 94.4 cm³/mol. The molecule has 0 spiro atoms. The fraction of sp³-hybridized carbons (Fsp3) is 0.312. The zero-order valence-corrected chi connectivity index (χ0v) is 15.4. The van der Waals surface area contributed by atoms with E-state index in [9.17, 15) is 19.2 Å². The number of esters is 1. The van der Waals surface area contributed by atoms with Crippen LogP contribution >= 0.6 is 11.3 Å². The van der Waals surface area contributed by atoms with Crippen molar-refractivity contribution in [3.05, 3.63) is 48.6 Å². The van der Waals surface area contributed by atoms with Gasteiger partial charge in [-0.25, -0.2) is 14.2 Å². The van der Waals surface area contributed by atoms with Gasteiger partial charge in [0.15, 0.2) is 0 Å². The van der Waals surface area contributed by atoms with Gasteiger partial charge in [0, 0.05) is 18.1 Å². The second-order valence-corrected chi connectivity index (χ2v) is 6.69. The highest BCUT2D eigenvalue weighted by atomic mass is 32.1. The summed E-state index contributed by atoms with van der Waals surface area (Å²) in [6, 6.07) is 1.69. The molecule has 0 aromatic carbocycles. The molecule has 10 heteroatoms. The number of aromatic nitrogens is 2. The SMILES string of the molecule is COC(=O)c1c(NC(=O)Cn2c(=O)c(C#N)cn(C)c2=O)sc(C)c1C. The molecule has 0 fully saturated rings. The minimum absolute atomic E-state index is 0.231. The normalized spacial score (nSPS) is 10.3. The van der Waals surface area contributed by atoms with Crippen molar-refractivity contribution >= 4 is 28.2 Å². The molecule has 26 heavy (non-hydrogen) atoms. The maximum atomic E-state index is 12.3. The number of carbonyl (C=O) groups excluding carboxylic acids is 2. The lowest BCUT2D eigenvalue weighted by atomic mass is 10.1. The molecule has 2 aromatic rings. The molecule has 0 aliphatic heterocycles. The lowest BCUT2D eigenvalue weighted by Crippen LogP contribution is -2.42. The number of ether oxygens (including phenoxy) is 1. The third-order valence-corrected chi connectivity index (χ3v) is 4.90. The van der Waals surface area contributed by atoms with Gasteiger partial charge in [-0.1, -0.05) is 0 Å². The van der Waals surface area contributed by atoms with E-state index in [4.69, 9.17) is 10.00 Å². The number of rotatable bonds is 4. The van der Waals surface area contributed by atoms with Crippen molar-refractivity contribution in [2.45, 2.75) is 20.4 Å². The molecule has 136 valence electrons. The topological polar surface area (TPSA) is 123 Å². The first-order valence-corrected chi connectivity index (χ1v) is 8.21. The first kappa shape index (κ1) is 19.1. The van der Waals surface area contributed by atoms with Crippen molar-refractivity contribution in [1.82, 2.24) is 9.13 Å². The highest BCUT2D eigenvalue weighted by molar-refractivity contribution is 7.16. The maximum Gasteiger partial charge on any atom is 0.341 e. The van der Waals surface area contributed by atoms with Gasteiger partial charge in [0.2, 0.25) is 5.91 Å². The zero-order valence-electron chi connectivity index (χ0n) is 14.6. The summed E-state index contributed by atoms with van der Waals surface area (Å²) in [5.74, 6) is -1.27. The first-order valence-electron chi connectivity index (χ1n) is 7.40. The zero-order chi connectivity index (χ0) is 19.6. The van der Waals surface area contributed by atoms with Crippen molar-refractivity contribution < 1.29 is 14.3 Å². The van der Waals surface area contributed by atoms with E-state index < -0.39 is 29.7 Å². The molecule has 0 bridgehead atoms. The van der Waals surface area contributed by atoms with Crippen LogP contribution < -0.4 is 16.6 Å². The first-order chi connectivity index (χ1) is 12.2. The van der Waals surface area contributed by atoms with Crippen LogP contribution in [0.2, 0.25) is 0 Å². The van der Waals surface area contributed by atoms with Crippen LogP contribution in [0.3, 0.4) is 0 Å². The van der Waals surface area contributed by atoms with Gasteiger partial charge in [-0.2, -0.15) is 5.26 Å². The van der Waals surface area contributed by atoms with Gasteiger partial charge >= 0.3 is 11.7 Å². The van der Waals surface area contributed by atoms with Gasteiger partial charge in [-0.3, -0.25) is 9.59 Å². The van der Waals surface area contributed by atoms with E-state index in [2.05, 4.69) is 5.32 Å². The van der Waals surface area contributed by atoms with E-state index in [1.54, 1.807) is 19.9 Å². The maximum absolute atomic E-state index is 12.3. The second-order valence-electron chi connectivity index (χ2n) is 5.47. The van der Waals surface area contributed by atoms with Crippen molar-refractivity contribution in [1.29, 1.82) is 5.26 Å². The summed E-state index contributed by atoms with van der Waals surface area (Å²) >= 11 is 1.19. The van der Waals surface area contributed by atoms with Gasteiger partial charge in [0.05, 0.1) is 12.7 Å². The predicted octanol–water partition coefficient (Wildman–Crippen LogP) is 0.522. The lowest BCUT2D eigenvalue weighted by Gasteiger charge is -2.09. The van der Waals surface area contributed by atoms with Gasteiger partial charge in [-0.15, -0.1) is 11.3 Å². The van der Waals surface area contributed by atoms with Crippen molar-refractivity contribution in [2.24, 2.45) is 7.05 Å². The molecule has 0 aliphatic rings. The third-order valence-electron chi connectivity index (χ3n) is 3.78. The Kier molecular flexibility index (Phi) is 5.42. The largest absolute Gasteiger partial charge is 0.465 e. The summed E-state index contributed by atoms with van der Waals surface area (Å²) in [6.45, 7) is 2.93. The van der Waals surface area contributed by atoms with Crippen molar-refractivity contribution in [3.8, 4) is 6.07 Å². The Labute approximate surface area is 152 Å². The minimum Gasteiger partial charge on any atom is -0.465 e. The summed E-state index contributed by atoms with van der Waals surface area (Å²) in [7, 11) is 2.61. The molecule has 9 nitrogen and oxygen atoms in total. The molecular weight excluding hydrogens is 360 g/mol. The number of thiophene rings is 1. The molecule has 0 saturated heterocycles. The standard InChI is InChI=1S/C16H16N4O5S/c1-8-9(2)26-13(12(8)15(23)25-4)18-11(21)7-20-14(22)10(5-17)6-19(3)16(20)24/h6H,7H2,1-4H3,(H,18,21). The molecule has 2 aromatic heterocycles. The average Bonchev–Trinajstić information content (AvgIpc) is 2.88. The number of aryl methyl sites for hydroxylation is 2. The van der Waals surface area contributed by atoms with Crippen LogP contribution in [0.4, 0.5) is 5.00 Å². The van der Waals surface area contributed by atoms with Crippen LogP contribution in [0.25, 0.3) is 0 Å². The number of anilines is 1. The molecule has 0 atom stereocenters. The number of methoxy groups -OCH3 is 1. The van der Waals surface area contributed by atoms with Crippen LogP contribution in [-0.4, -0.2) is 28.1 Å². The Bertz CT molecular complexity index is 1050. The summed E-state index contributed by atoms with van der Waals surface area (Å²) in [4.78, 5) is 49.3. The molecule has 2 heterocycles. The van der Waals surface area contributed by atoms with Gasteiger partial charge in [0.1, 0.15) is 23.2 Å². The number of nitrogens with zero attached hydrogens (tertiary/aromatic N) is 3. The van der Waals surface area contributed by atoms with Crippen LogP contribution in [0.5, 0.6) is 0 Å². The molecule has 1 N–H and O–H groups in total. The summed E-state index contributed by atoms with van der Waals surface area (Å²) in [5.41, 5.74) is -0.919. The number of hydrogen-bond donors (Lipinski definition) is 1. The highest BCUT2D eigenvalue weighted by Gasteiger charge is 2.22. The van der Waals surface area contributed by atoms with E-state index in [1.807, 2.05) is 0 Å². The summed E-state index contributed by atoms with van der Waals surface area (Å²) in [5, 5.41) is 11.8. The Balaban J connectivity index is 2.38. The molecule has 0 unspecified atom stereocenters. The van der Waals surface area contributed by atoms with E-state index >= 15 is 0 Å². The van der Waals surface area contributed by atoms with Gasteiger partial charge in [-0.05, 0) is 19.4 Å². The monoisotopic (exact) mass is 376 g/mol. The molecule has 0 radical (unpaired) electrons. The molecular formula is C16H16N4O5S. The second kappa shape index (κ2) is 7.37. The average molecular weight is 376 g/mol. The lowest BCUT2D eigenvalue weighted by molar-refractivity contribution is -0.116. The number of carbonyl (C=O) groups is 2. The number of nitrogens with one attached hydrogen (secondary N) is 1. The van der Waals surface area contributed by atoms with Crippen LogP contribution in [0.15, 0.2) is 15.8 Å². The fourth-order valence-electron chi connectivity index (χ4n) is 2.32. The summed E-state index contributed by atoms with van der Waals surface area (Å²) in [6.07, 6.45) is 1.11. The Morgan fingerprint density at radius 2 is 2.00 bits per heavy atom. The quantitative estimate of drug-likeness (QED) is 0.776. The van der Waals surface area contributed by atoms with E-state index in [-0.39, 0.29) is 16.1 Å². The molecule has 0 aliphatic carbocycles.